The molecule has 0 saturated carbocycles. The molecule has 2 rings (SSSR count). The molecule has 0 aromatic carbocycles. The minimum atomic E-state index is 0.0785. The van der Waals surface area contributed by atoms with E-state index in [-0.39, 0.29) is 5.84 Å². The van der Waals surface area contributed by atoms with Gasteiger partial charge in [-0.25, -0.2) is 4.98 Å². The molecule has 1 aromatic rings. The summed E-state index contributed by atoms with van der Waals surface area (Å²) >= 11 is 0. The Labute approximate surface area is 115 Å². The third-order valence-electron chi connectivity index (χ3n) is 4.10. The molecule has 1 atom stereocenters. The maximum Gasteiger partial charge on any atom is 0.128 e. The molecule has 1 aliphatic rings. The zero-order chi connectivity index (χ0) is 13.8. The number of nitrogens with two attached hydrogens (primary N) is 1. The van der Waals surface area contributed by atoms with E-state index in [4.69, 9.17) is 11.1 Å². The van der Waals surface area contributed by atoms with Gasteiger partial charge in [0.25, 0.3) is 0 Å². The van der Waals surface area contributed by atoms with Gasteiger partial charge in [-0.3, -0.25) is 5.41 Å². The van der Waals surface area contributed by atoms with Crippen LogP contribution in [0.1, 0.15) is 38.7 Å². The van der Waals surface area contributed by atoms with Crippen molar-refractivity contribution >= 4 is 11.7 Å². The van der Waals surface area contributed by atoms with E-state index in [2.05, 4.69) is 23.7 Å². The largest absolute Gasteiger partial charge is 0.384 e. The van der Waals surface area contributed by atoms with E-state index in [0.29, 0.717) is 5.56 Å². The first-order chi connectivity index (χ1) is 9.08. The molecule has 104 valence electrons. The van der Waals surface area contributed by atoms with Gasteiger partial charge in [0.2, 0.25) is 0 Å². The molecule has 0 radical (unpaired) electrons. The molecule has 0 aliphatic carbocycles. The molecule has 0 bridgehead atoms. The number of nitrogen functional groups attached to an aromatic ring is 1. The van der Waals surface area contributed by atoms with Gasteiger partial charge in [-0.15, -0.1) is 0 Å². The van der Waals surface area contributed by atoms with Crippen LogP contribution in [0.3, 0.4) is 0 Å². The molecule has 4 nitrogen and oxygen atoms in total. The molecule has 0 amide bonds. The SMILES string of the molecule is CC(C)C1CCCN(c2ccc(C(=N)N)cn2)CC1. The van der Waals surface area contributed by atoms with Crippen LogP contribution in [0, 0.1) is 17.2 Å². The number of hydrogen-bond acceptors (Lipinski definition) is 3. The molecule has 1 saturated heterocycles. The predicted octanol–water partition coefficient (Wildman–Crippen LogP) is 2.63. The third kappa shape index (κ3) is 3.46. The topological polar surface area (TPSA) is 66.0 Å². The van der Waals surface area contributed by atoms with Gasteiger partial charge in [-0.1, -0.05) is 13.8 Å². The summed E-state index contributed by atoms with van der Waals surface area (Å²) < 4.78 is 0. The highest BCUT2D eigenvalue weighted by molar-refractivity contribution is 5.94. The van der Waals surface area contributed by atoms with Crippen LogP contribution in [0.4, 0.5) is 5.82 Å². The van der Waals surface area contributed by atoms with Crippen LogP contribution >= 0.6 is 0 Å². The van der Waals surface area contributed by atoms with Crippen LogP contribution < -0.4 is 10.6 Å². The van der Waals surface area contributed by atoms with E-state index < -0.39 is 0 Å². The highest BCUT2D eigenvalue weighted by Gasteiger charge is 2.20. The number of pyridine rings is 1. The average molecular weight is 260 g/mol. The summed E-state index contributed by atoms with van der Waals surface area (Å²) in [7, 11) is 0. The first kappa shape index (κ1) is 13.8. The van der Waals surface area contributed by atoms with Crippen molar-refractivity contribution in [3.63, 3.8) is 0 Å². The van der Waals surface area contributed by atoms with E-state index in [0.717, 1.165) is 30.7 Å². The van der Waals surface area contributed by atoms with Crippen molar-refractivity contribution in [3.05, 3.63) is 23.9 Å². The summed E-state index contributed by atoms with van der Waals surface area (Å²) in [5.41, 5.74) is 6.14. The van der Waals surface area contributed by atoms with Crippen LogP contribution in [-0.4, -0.2) is 23.9 Å². The number of nitrogens with one attached hydrogen (secondary N) is 1. The second-order valence-electron chi connectivity index (χ2n) is 5.74. The normalized spacial score (nSPS) is 20.4. The minimum Gasteiger partial charge on any atom is -0.384 e. The number of hydrogen-bond donors (Lipinski definition) is 2. The third-order valence-corrected chi connectivity index (χ3v) is 4.10. The Morgan fingerprint density at radius 2 is 2.16 bits per heavy atom. The summed E-state index contributed by atoms with van der Waals surface area (Å²) in [5, 5.41) is 7.38. The van der Waals surface area contributed by atoms with Gasteiger partial charge >= 0.3 is 0 Å². The summed E-state index contributed by atoms with van der Waals surface area (Å²) in [6, 6.07) is 3.86. The van der Waals surface area contributed by atoms with Crippen molar-refractivity contribution in [2.75, 3.05) is 18.0 Å². The summed E-state index contributed by atoms with van der Waals surface area (Å²) in [5.74, 6) is 2.69. The lowest BCUT2D eigenvalue weighted by Gasteiger charge is -2.22. The maximum absolute atomic E-state index is 7.38. The maximum atomic E-state index is 7.38. The second kappa shape index (κ2) is 6.04. The zero-order valence-corrected chi connectivity index (χ0v) is 11.9. The van der Waals surface area contributed by atoms with Crippen LogP contribution in [0.2, 0.25) is 0 Å². The van der Waals surface area contributed by atoms with Gasteiger partial charge in [-0.05, 0) is 43.2 Å². The van der Waals surface area contributed by atoms with E-state index in [1.54, 1.807) is 6.20 Å². The summed E-state index contributed by atoms with van der Waals surface area (Å²) in [4.78, 5) is 6.79. The van der Waals surface area contributed by atoms with Crippen molar-refractivity contribution in [1.82, 2.24) is 4.98 Å². The fourth-order valence-electron chi connectivity index (χ4n) is 2.75. The fourth-order valence-corrected chi connectivity index (χ4v) is 2.75. The molecule has 2 heterocycles. The average Bonchev–Trinajstić information content (AvgIpc) is 2.64. The zero-order valence-electron chi connectivity index (χ0n) is 11.9. The molecular formula is C15H24N4. The molecule has 1 fully saturated rings. The van der Waals surface area contributed by atoms with E-state index >= 15 is 0 Å². The molecule has 4 heteroatoms. The van der Waals surface area contributed by atoms with Crippen molar-refractivity contribution in [1.29, 1.82) is 5.41 Å². The van der Waals surface area contributed by atoms with Crippen LogP contribution in [0.5, 0.6) is 0 Å². The van der Waals surface area contributed by atoms with Crippen molar-refractivity contribution in [2.45, 2.75) is 33.1 Å². The van der Waals surface area contributed by atoms with Crippen molar-refractivity contribution in [3.8, 4) is 0 Å². The Bertz CT molecular complexity index is 424. The smallest absolute Gasteiger partial charge is 0.128 e. The van der Waals surface area contributed by atoms with E-state index in [1.165, 1.54) is 19.3 Å². The Morgan fingerprint density at radius 1 is 1.37 bits per heavy atom. The molecule has 1 aliphatic heterocycles. The quantitative estimate of drug-likeness (QED) is 0.648. The van der Waals surface area contributed by atoms with Gasteiger partial charge in [0.1, 0.15) is 11.7 Å². The Balaban J connectivity index is 2.03. The Kier molecular flexibility index (Phi) is 4.40. The lowest BCUT2D eigenvalue weighted by atomic mass is 9.89. The molecule has 0 spiro atoms. The number of rotatable bonds is 3. The summed E-state index contributed by atoms with van der Waals surface area (Å²) in [6.07, 6.45) is 5.50. The number of amidine groups is 1. The summed E-state index contributed by atoms with van der Waals surface area (Å²) in [6.45, 7) is 6.80. The monoisotopic (exact) mass is 260 g/mol. The van der Waals surface area contributed by atoms with Crippen LogP contribution in [-0.2, 0) is 0 Å². The van der Waals surface area contributed by atoms with Gasteiger partial charge in [0, 0.05) is 24.8 Å². The van der Waals surface area contributed by atoms with E-state index in [9.17, 15) is 0 Å². The second-order valence-corrected chi connectivity index (χ2v) is 5.74. The predicted molar refractivity (Wildman–Crippen MR) is 79.6 cm³/mol. The molecule has 1 aromatic heterocycles. The molecule has 3 N–H and O–H groups in total. The first-order valence-electron chi connectivity index (χ1n) is 7.13. The minimum absolute atomic E-state index is 0.0785. The van der Waals surface area contributed by atoms with Crippen LogP contribution in [0.15, 0.2) is 18.3 Å². The fraction of sp³-hybridized carbons (Fsp3) is 0.600. The van der Waals surface area contributed by atoms with Crippen molar-refractivity contribution in [2.24, 2.45) is 17.6 Å². The standard InChI is InChI=1S/C15H24N4/c1-11(2)12-4-3-8-19(9-7-12)14-6-5-13(10-18-14)15(16)17/h5-6,10-12H,3-4,7-9H2,1-2H3,(H3,16,17). The Morgan fingerprint density at radius 3 is 2.74 bits per heavy atom. The van der Waals surface area contributed by atoms with Gasteiger partial charge < -0.3 is 10.6 Å². The first-order valence-corrected chi connectivity index (χ1v) is 7.13. The highest BCUT2D eigenvalue weighted by atomic mass is 15.2. The van der Waals surface area contributed by atoms with Gasteiger partial charge in [-0.2, -0.15) is 0 Å². The number of aromatic nitrogens is 1. The lowest BCUT2D eigenvalue weighted by molar-refractivity contribution is 0.351. The van der Waals surface area contributed by atoms with Gasteiger partial charge in [0.15, 0.2) is 0 Å². The molecule has 19 heavy (non-hydrogen) atoms. The molecule has 1 unspecified atom stereocenters. The molecular weight excluding hydrogens is 236 g/mol. The number of anilines is 1. The highest BCUT2D eigenvalue weighted by Crippen LogP contribution is 2.26. The Hall–Kier alpha value is -1.58. The van der Waals surface area contributed by atoms with Gasteiger partial charge in [0.05, 0.1) is 0 Å². The van der Waals surface area contributed by atoms with Crippen molar-refractivity contribution < 1.29 is 0 Å². The van der Waals surface area contributed by atoms with E-state index in [1.807, 2.05) is 12.1 Å². The van der Waals surface area contributed by atoms with Crippen LogP contribution in [0.25, 0.3) is 0 Å². The number of nitrogens with zero attached hydrogens (tertiary/aromatic N) is 2. The lowest BCUT2D eigenvalue weighted by Crippen LogP contribution is -2.25.